The second-order valence-corrected chi connectivity index (χ2v) is 6.31. The number of benzene rings is 1. The van der Waals surface area contributed by atoms with Gasteiger partial charge in [0, 0.05) is 23.9 Å². The van der Waals surface area contributed by atoms with Crippen LogP contribution in [0.25, 0.3) is 21.8 Å². The smallest absolute Gasteiger partial charge is 0.291 e. The monoisotopic (exact) mass is 326 g/mol. The van der Waals surface area contributed by atoms with Gasteiger partial charge >= 0.3 is 0 Å². The number of hydrogen-bond donors (Lipinski definition) is 1. The normalized spacial score (nSPS) is 12.9. The van der Waals surface area contributed by atoms with E-state index >= 15 is 0 Å². The molecule has 24 heavy (non-hydrogen) atoms. The van der Waals surface area contributed by atoms with Crippen molar-refractivity contribution in [2.75, 3.05) is 0 Å². The molecular weight excluding hydrogens is 304 g/mol. The predicted octanol–water partition coefficient (Wildman–Crippen LogP) is 2.36. The average molecular weight is 326 g/mol. The summed E-state index contributed by atoms with van der Waals surface area (Å²) in [5, 5.41) is 8.82. The zero-order valence-corrected chi connectivity index (χ0v) is 14.4. The molecule has 6 nitrogen and oxygen atoms in total. The Balaban J connectivity index is 2.37. The van der Waals surface area contributed by atoms with Gasteiger partial charge < -0.3 is 9.88 Å². The molecule has 0 aliphatic rings. The van der Waals surface area contributed by atoms with E-state index in [4.69, 9.17) is 0 Å². The summed E-state index contributed by atoms with van der Waals surface area (Å²) in [6.07, 6.45) is 2.29. The topological polar surface area (TPSA) is 68.9 Å². The van der Waals surface area contributed by atoms with Crippen LogP contribution in [0.1, 0.15) is 33.2 Å². The van der Waals surface area contributed by atoms with Gasteiger partial charge in [0.15, 0.2) is 0 Å². The summed E-state index contributed by atoms with van der Waals surface area (Å²) in [4.78, 5) is 25.4. The number of aromatic nitrogens is 3. The maximum absolute atomic E-state index is 12.7. The molecule has 0 spiro atoms. The maximum Gasteiger partial charge on any atom is 0.291 e. The van der Waals surface area contributed by atoms with E-state index in [0.717, 1.165) is 16.3 Å². The van der Waals surface area contributed by atoms with Crippen molar-refractivity contribution in [3.63, 3.8) is 0 Å². The largest absolute Gasteiger partial charge is 0.352 e. The summed E-state index contributed by atoms with van der Waals surface area (Å²) < 4.78 is 3.18. The molecular formula is C18H22N4O2. The average Bonchev–Trinajstić information content (AvgIpc) is 2.87. The van der Waals surface area contributed by atoms with Crippen molar-refractivity contribution in [3.8, 4) is 0 Å². The van der Waals surface area contributed by atoms with Crippen LogP contribution in [0, 0.1) is 0 Å². The first kappa shape index (κ1) is 16.2. The van der Waals surface area contributed by atoms with E-state index in [0.29, 0.717) is 11.9 Å². The summed E-state index contributed by atoms with van der Waals surface area (Å²) in [7, 11) is 1.62. The lowest BCUT2D eigenvalue weighted by Crippen LogP contribution is -2.37. The first-order chi connectivity index (χ1) is 11.5. The molecule has 1 aromatic carbocycles. The number of para-hydroxylation sites is 1. The second kappa shape index (κ2) is 6.11. The van der Waals surface area contributed by atoms with E-state index < -0.39 is 6.04 Å². The van der Waals surface area contributed by atoms with Gasteiger partial charge in [-0.1, -0.05) is 25.1 Å². The molecule has 1 atom stereocenters. The number of carbonyl (C=O) groups excluding carboxylic acids is 1. The fraction of sp³-hybridized carbons (Fsp3) is 0.389. The highest BCUT2D eigenvalue weighted by Crippen LogP contribution is 2.30. The first-order valence-corrected chi connectivity index (χ1v) is 8.21. The minimum Gasteiger partial charge on any atom is -0.352 e. The maximum atomic E-state index is 12.7. The van der Waals surface area contributed by atoms with E-state index in [1.807, 2.05) is 49.6 Å². The van der Waals surface area contributed by atoms with Crippen molar-refractivity contribution in [1.29, 1.82) is 0 Å². The number of aryl methyl sites for hydroxylation is 1. The van der Waals surface area contributed by atoms with Gasteiger partial charge in [-0.25, -0.2) is 4.68 Å². The number of hydrogen-bond acceptors (Lipinski definition) is 3. The number of fused-ring (bicyclic) bond motifs is 3. The van der Waals surface area contributed by atoms with Crippen LogP contribution in [0.4, 0.5) is 0 Å². The van der Waals surface area contributed by atoms with Crippen molar-refractivity contribution in [1.82, 2.24) is 19.7 Å². The Hall–Kier alpha value is -2.63. The van der Waals surface area contributed by atoms with Crippen molar-refractivity contribution < 1.29 is 4.79 Å². The predicted molar refractivity (Wildman–Crippen MR) is 95.1 cm³/mol. The fourth-order valence-corrected chi connectivity index (χ4v) is 3.18. The van der Waals surface area contributed by atoms with Crippen LogP contribution >= 0.6 is 0 Å². The molecule has 0 radical (unpaired) electrons. The number of nitrogens with one attached hydrogen (secondary N) is 1. The molecule has 6 heteroatoms. The van der Waals surface area contributed by atoms with Crippen molar-refractivity contribution in [3.05, 3.63) is 40.8 Å². The molecule has 126 valence electrons. The van der Waals surface area contributed by atoms with Crippen LogP contribution in [0.3, 0.4) is 0 Å². The quantitative estimate of drug-likeness (QED) is 0.800. The van der Waals surface area contributed by atoms with Gasteiger partial charge in [0.2, 0.25) is 5.91 Å². The van der Waals surface area contributed by atoms with Crippen molar-refractivity contribution in [2.45, 2.75) is 39.3 Å². The Morgan fingerprint density at radius 1 is 1.25 bits per heavy atom. The Morgan fingerprint density at radius 2 is 1.96 bits per heavy atom. The van der Waals surface area contributed by atoms with Gasteiger partial charge in [-0.3, -0.25) is 9.59 Å². The third-order valence-corrected chi connectivity index (χ3v) is 4.24. The Labute approximate surface area is 140 Å². The van der Waals surface area contributed by atoms with Crippen LogP contribution in [0.15, 0.2) is 35.3 Å². The summed E-state index contributed by atoms with van der Waals surface area (Å²) in [5.41, 5.74) is 1.21. The van der Waals surface area contributed by atoms with Crippen molar-refractivity contribution >= 4 is 27.7 Å². The lowest BCUT2D eigenvalue weighted by atomic mass is 10.1. The molecule has 0 unspecified atom stereocenters. The van der Waals surface area contributed by atoms with Crippen LogP contribution in [-0.2, 0) is 11.8 Å². The molecule has 0 aliphatic carbocycles. The third-order valence-electron chi connectivity index (χ3n) is 4.24. The molecule has 2 heterocycles. The Kier molecular flexibility index (Phi) is 4.13. The highest BCUT2D eigenvalue weighted by molar-refractivity contribution is 6.08. The first-order valence-electron chi connectivity index (χ1n) is 8.21. The van der Waals surface area contributed by atoms with E-state index in [9.17, 15) is 9.59 Å². The highest BCUT2D eigenvalue weighted by Gasteiger charge is 2.25. The van der Waals surface area contributed by atoms with Crippen LogP contribution in [0.2, 0.25) is 0 Å². The summed E-state index contributed by atoms with van der Waals surface area (Å²) in [6.45, 7) is 5.82. The SMILES string of the molecule is CC[C@@H](C(=O)NC(C)C)n1c2ccccc2c2cnn(C)c(=O)c21. The number of amides is 1. The highest BCUT2D eigenvalue weighted by atomic mass is 16.2. The van der Waals surface area contributed by atoms with Crippen LogP contribution in [-0.4, -0.2) is 26.3 Å². The molecule has 0 bridgehead atoms. The number of carbonyl (C=O) groups is 1. The molecule has 1 N–H and O–H groups in total. The number of nitrogens with zero attached hydrogens (tertiary/aromatic N) is 3. The molecule has 0 saturated heterocycles. The zero-order chi connectivity index (χ0) is 17.4. The van der Waals surface area contributed by atoms with Crippen LogP contribution in [0.5, 0.6) is 0 Å². The Morgan fingerprint density at radius 3 is 2.62 bits per heavy atom. The van der Waals surface area contributed by atoms with Crippen molar-refractivity contribution in [2.24, 2.45) is 7.05 Å². The summed E-state index contributed by atoms with van der Waals surface area (Å²) in [5.74, 6) is -0.0750. The molecule has 3 rings (SSSR count). The summed E-state index contributed by atoms with van der Waals surface area (Å²) >= 11 is 0. The van der Waals surface area contributed by atoms with Gasteiger partial charge in [0.05, 0.1) is 11.7 Å². The number of rotatable bonds is 4. The van der Waals surface area contributed by atoms with Gasteiger partial charge in [-0.15, -0.1) is 0 Å². The van der Waals surface area contributed by atoms with E-state index in [-0.39, 0.29) is 17.5 Å². The Bertz CT molecular complexity index is 968. The fourth-order valence-electron chi connectivity index (χ4n) is 3.18. The molecule has 0 saturated carbocycles. The van der Waals surface area contributed by atoms with Gasteiger partial charge in [0.1, 0.15) is 11.6 Å². The molecule has 3 aromatic rings. The van der Waals surface area contributed by atoms with Gasteiger partial charge in [0.25, 0.3) is 5.56 Å². The van der Waals surface area contributed by atoms with Gasteiger partial charge in [-0.2, -0.15) is 5.10 Å². The van der Waals surface area contributed by atoms with E-state index in [1.165, 1.54) is 4.68 Å². The molecule has 2 aromatic heterocycles. The third kappa shape index (κ3) is 2.48. The summed E-state index contributed by atoms with van der Waals surface area (Å²) in [6, 6.07) is 7.36. The minimum atomic E-state index is -0.440. The lowest BCUT2D eigenvalue weighted by Gasteiger charge is -2.20. The molecule has 0 aliphatic heterocycles. The van der Waals surface area contributed by atoms with Gasteiger partial charge in [-0.05, 0) is 26.3 Å². The molecule has 0 fully saturated rings. The standard InChI is InChI=1S/C18H22N4O2/c1-5-14(17(23)20-11(2)3)22-15-9-7-6-8-12(15)13-10-19-21(4)18(24)16(13)22/h6-11,14H,5H2,1-4H3,(H,20,23)/t14-/m0/s1. The van der Waals surface area contributed by atoms with E-state index in [1.54, 1.807) is 13.2 Å². The second-order valence-electron chi connectivity index (χ2n) is 6.31. The van der Waals surface area contributed by atoms with Crippen LogP contribution < -0.4 is 10.9 Å². The minimum absolute atomic E-state index is 0.0455. The molecule has 1 amide bonds. The lowest BCUT2D eigenvalue weighted by molar-refractivity contribution is -0.124. The van der Waals surface area contributed by atoms with E-state index in [2.05, 4.69) is 10.4 Å². The zero-order valence-electron chi connectivity index (χ0n) is 14.4.